The molecule has 1 N–H and O–H groups in total. The van der Waals surface area contributed by atoms with Gasteiger partial charge in [0.15, 0.2) is 5.75 Å². The second-order valence-corrected chi connectivity index (χ2v) is 4.86. The lowest BCUT2D eigenvalue weighted by Crippen LogP contribution is -2.31. The van der Waals surface area contributed by atoms with Gasteiger partial charge in [-0.2, -0.15) is 0 Å². The number of esters is 1. The van der Waals surface area contributed by atoms with Gasteiger partial charge in [-0.05, 0) is 20.8 Å². The number of amides is 1. The summed E-state index contributed by atoms with van der Waals surface area (Å²) < 4.78 is 16.9. The lowest BCUT2D eigenvalue weighted by Gasteiger charge is -2.14. The molecule has 0 spiro atoms. The van der Waals surface area contributed by atoms with Crippen LogP contribution in [0.4, 0.5) is 4.79 Å². The van der Waals surface area contributed by atoms with Gasteiger partial charge in [-0.25, -0.2) is 4.79 Å². The minimum Gasteiger partial charge on any atom is -0.466 e. The highest BCUT2D eigenvalue weighted by atomic mass is 16.6. The predicted molar refractivity (Wildman–Crippen MR) is 87.2 cm³/mol. The molecule has 8 heteroatoms. The van der Waals surface area contributed by atoms with E-state index in [1.165, 1.54) is 6.07 Å². The number of pyridine rings is 1. The maximum atomic E-state index is 11.9. The SMILES string of the molecule is CCOCCn1ccc(=O)c(OC(=O)NCCC(=O)OCC)c1C. The van der Waals surface area contributed by atoms with Crippen molar-refractivity contribution in [1.29, 1.82) is 0 Å². The molecule has 0 aromatic carbocycles. The molecule has 8 nitrogen and oxygen atoms in total. The summed E-state index contributed by atoms with van der Waals surface area (Å²) in [5.41, 5.74) is 0.142. The van der Waals surface area contributed by atoms with E-state index < -0.39 is 12.1 Å². The normalized spacial score (nSPS) is 10.3. The number of rotatable bonds is 9. The summed E-state index contributed by atoms with van der Waals surface area (Å²) >= 11 is 0. The van der Waals surface area contributed by atoms with Crippen LogP contribution in [-0.4, -0.2) is 43.0 Å². The van der Waals surface area contributed by atoms with Crippen LogP contribution in [0.15, 0.2) is 17.1 Å². The second-order valence-electron chi connectivity index (χ2n) is 4.86. The van der Waals surface area contributed by atoms with Gasteiger partial charge >= 0.3 is 12.1 Å². The number of carbonyl (C=O) groups excluding carboxylic acids is 2. The molecule has 0 unspecified atom stereocenters. The number of carbonyl (C=O) groups is 2. The van der Waals surface area contributed by atoms with Crippen molar-refractivity contribution in [2.24, 2.45) is 0 Å². The Labute approximate surface area is 140 Å². The van der Waals surface area contributed by atoms with Gasteiger partial charge in [-0.15, -0.1) is 0 Å². The molecule has 0 atom stereocenters. The van der Waals surface area contributed by atoms with E-state index in [0.29, 0.717) is 25.5 Å². The quantitative estimate of drug-likeness (QED) is 0.537. The Morgan fingerprint density at radius 1 is 1.25 bits per heavy atom. The summed E-state index contributed by atoms with van der Waals surface area (Å²) in [4.78, 5) is 34.9. The Balaban J connectivity index is 2.62. The Kier molecular flexibility index (Phi) is 8.56. The molecule has 0 aliphatic heterocycles. The van der Waals surface area contributed by atoms with Crippen LogP contribution in [-0.2, 0) is 20.8 Å². The fourth-order valence-electron chi connectivity index (χ4n) is 1.96. The highest BCUT2D eigenvalue weighted by molar-refractivity contribution is 5.73. The molecular weight excluding hydrogens is 316 g/mol. The lowest BCUT2D eigenvalue weighted by molar-refractivity contribution is -0.142. The van der Waals surface area contributed by atoms with Crippen LogP contribution < -0.4 is 15.5 Å². The van der Waals surface area contributed by atoms with Crippen LogP contribution in [0.1, 0.15) is 26.0 Å². The summed E-state index contributed by atoms with van der Waals surface area (Å²) in [6, 6.07) is 1.33. The first kappa shape index (κ1) is 19.7. The van der Waals surface area contributed by atoms with Crippen molar-refractivity contribution in [1.82, 2.24) is 9.88 Å². The molecule has 1 amide bonds. The van der Waals surface area contributed by atoms with Gasteiger partial charge in [0.1, 0.15) is 0 Å². The van der Waals surface area contributed by atoms with Gasteiger partial charge in [0, 0.05) is 32.0 Å². The molecule has 134 valence electrons. The fraction of sp³-hybridized carbons (Fsp3) is 0.562. The first-order valence-corrected chi connectivity index (χ1v) is 7.88. The molecule has 1 heterocycles. The Hall–Kier alpha value is -2.35. The number of ether oxygens (including phenoxy) is 3. The standard InChI is InChI=1S/C16H24N2O6/c1-4-22-11-10-18-9-7-13(19)15(12(18)3)24-16(21)17-8-6-14(20)23-5-2/h7,9H,4-6,8,10-11H2,1-3H3,(H,17,21). The molecule has 0 bridgehead atoms. The fourth-order valence-corrected chi connectivity index (χ4v) is 1.96. The molecule has 1 aromatic heterocycles. The van der Waals surface area contributed by atoms with Crippen molar-refractivity contribution in [2.45, 2.75) is 33.7 Å². The predicted octanol–water partition coefficient (Wildman–Crippen LogP) is 1.23. The van der Waals surface area contributed by atoms with E-state index in [0.717, 1.165) is 0 Å². The number of hydrogen-bond donors (Lipinski definition) is 1. The van der Waals surface area contributed by atoms with Crippen LogP contribution in [0.5, 0.6) is 5.75 Å². The van der Waals surface area contributed by atoms with Crippen LogP contribution in [0.2, 0.25) is 0 Å². The Bertz CT molecular complexity index is 611. The molecule has 0 radical (unpaired) electrons. The molecular formula is C16H24N2O6. The lowest BCUT2D eigenvalue weighted by atomic mass is 10.3. The topological polar surface area (TPSA) is 95.9 Å². The maximum Gasteiger partial charge on any atom is 0.412 e. The highest BCUT2D eigenvalue weighted by Gasteiger charge is 2.13. The van der Waals surface area contributed by atoms with E-state index in [-0.39, 0.29) is 30.8 Å². The molecule has 1 aromatic rings. The third-order valence-corrected chi connectivity index (χ3v) is 3.17. The Morgan fingerprint density at radius 3 is 2.67 bits per heavy atom. The van der Waals surface area contributed by atoms with E-state index in [1.54, 1.807) is 24.6 Å². The average Bonchev–Trinajstić information content (AvgIpc) is 2.54. The van der Waals surface area contributed by atoms with Crippen molar-refractivity contribution >= 4 is 12.1 Å². The summed E-state index contributed by atoms with van der Waals surface area (Å²) in [6.07, 6.45) is 0.874. The molecule has 0 aliphatic carbocycles. The molecule has 1 rings (SSSR count). The number of aromatic nitrogens is 1. The third-order valence-electron chi connectivity index (χ3n) is 3.17. The van der Waals surface area contributed by atoms with Crippen molar-refractivity contribution in [3.8, 4) is 5.75 Å². The molecule has 0 saturated carbocycles. The largest absolute Gasteiger partial charge is 0.466 e. The van der Waals surface area contributed by atoms with Crippen molar-refractivity contribution in [3.63, 3.8) is 0 Å². The first-order valence-electron chi connectivity index (χ1n) is 7.88. The second kappa shape index (κ2) is 10.4. The molecule has 0 fully saturated rings. The number of nitrogens with zero attached hydrogens (tertiary/aromatic N) is 1. The number of nitrogens with one attached hydrogen (secondary N) is 1. The van der Waals surface area contributed by atoms with Gasteiger partial charge in [-0.1, -0.05) is 0 Å². The molecule has 0 aliphatic rings. The van der Waals surface area contributed by atoms with Crippen LogP contribution in [0, 0.1) is 6.92 Å². The van der Waals surface area contributed by atoms with Crippen LogP contribution >= 0.6 is 0 Å². The summed E-state index contributed by atoms with van der Waals surface area (Å²) in [5.74, 6) is -0.449. The van der Waals surface area contributed by atoms with Gasteiger partial charge in [-0.3, -0.25) is 9.59 Å². The first-order chi connectivity index (χ1) is 11.5. The number of hydrogen-bond acceptors (Lipinski definition) is 6. The zero-order valence-corrected chi connectivity index (χ0v) is 14.3. The summed E-state index contributed by atoms with van der Waals surface area (Å²) in [7, 11) is 0. The highest BCUT2D eigenvalue weighted by Crippen LogP contribution is 2.12. The van der Waals surface area contributed by atoms with E-state index in [2.05, 4.69) is 5.32 Å². The monoisotopic (exact) mass is 340 g/mol. The van der Waals surface area contributed by atoms with E-state index in [1.807, 2.05) is 6.92 Å². The summed E-state index contributed by atoms with van der Waals surface area (Å²) in [5, 5.41) is 2.41. The van der Waals surface area contributed by atoms with E-state index >= 15 is 0 Å². The van der Waals surface area contributed by atoms with Crippen molar-refractivity contribution in [2.75, 3.05) is 26.4 Å². The van der Waals surface area contributed by atoms with Crippen molar-refractivity contribution in [3.05, 3.63) is 28.2 Å². The van der Waals surface area contributed by atoms with Gasteiger partial charge in [0.25, 0.3) is 0 Å². The Morgan fingerprint density at radius 2 is 2.00 bits per heavy atom. The minimum absolute atomic E-state index is 0.0370. The molecule has 24 heavy (non-hydrogen) atoms. The van der Waals surface area contributed by atoms with Crippen LogP contribution in [0.3, 0.4) is 0 Å². The van der Waals surface area contributed by atoms with E-state index in [9.17, 15) is 14.4 Å². The minimum atomic E-state index is -0.790. The van der Waals surface area contributed by atoms with Gasteiger partial charge in [0.05, 0.1) is 25.3 Å². The maximum absolute atomic E-state index is 11.9. The van der Waals surface area contributed by atoms with E-state index in [4.69, 9.17) is 14.2 Å². The van der Waals surface area contributed by atoms with Crippen molar-refractivity contribution < 1.29 is 23.8 Å². The summed E-state index contributed by atoms with van der Waals surface area (Å²) in [6.45, 7) is 7.28. The van der Waals surface area contributed by atoms with Gasteiger partial charge < -0.3 is 24.1 Å². The zero-order chi connectivity index (χ0) is 17.9. The average molecular weight is 340 g/mol. The molecule has 0 saturated heterocycles. The third kappa shape index (κ3) is 6.41. The van der Waals surface area contributed by atoms with Gasteiger partial charge in [0.2, 0.25) is 5.43 Å². The van der Waals surface area contributed by atoms with Crippen LogP contribution in [0.25, 0.3) is 0 Å². The zero-order valence-electron chi connectivity index (χ0n) is 14.3. The smallest absolute Gasteiger partial charge is 0.412 e.